The SMILES string of the molecule is C#CCn1c(=NC(=O)COc2ccc(F)cc2)sc2cc(F)cc(F)c21. The molecule has 0 bridgehead atoms. The molecule has 1 amide bonds. The van der Waals surface area contributed by atoms with Gasteiger partial charge in [-0.1, -0.05) is 17.3 Å². The number of carbonyl (C=O) groups is 1. The van der Waals surface area contributed by atoms with Crippen molar-refractivity contribution in [2.75, 3.05) is 6.61 Å². The predicted octanol–water partition coefficient (Wildman–Crippen LogP) is 3.26. The first-order valence-electron chi connectivity index (χ1n) is 7.35. The van der Waals surface area contributed by atoms with Gasteiger partial charge in [0.05, 0.1) is 16.8 Å². The molecule has 0 aliphatic rings. The number of aromatic nitrogens is 1. The van der Waals surface area contributed by atoms with Crippen LogP contribution in [0.1, 0.15) is 0 Å². The maximum atomic E-state index is 14.1. The Kier molecular flexibility index (Phi) is 5.09. The van der Waals surface area contributed by atoms with Crippen LogP contribution in [0.15, 0.2) is 41.4 Å². The fraction of sp³-hybridized carbons (Fsp3) is 0.111. The van der Waals surface area contributed by atoms with E-state index in [0.29, 0.717) is 5.75 Å². The first-order valence-corrected chi connectivity index (χ1v) is 8.17. The molecule has 3 rings (SSSR count). The van der Waals surface area contributed by atoms with E-state index in [1.165, 1.54) is 28.8 Å². The predicted molar refractivity (Wildman–Crippen MR) is 91.0 cm³/mol. The summed E-state index contributed by atoms with van der Waals surface area (Å²) in [6.07, 6.45) is 5.29. The molecule has 0 aliphatic carbocycles. The van der Waals surface area contributed by atoms with Gasteiger partial charge < -0.3 is 9.30 Å². The molecule has 1 aromatic heterocycles. The largest absolute Gasteiger partial charge is 0.484 e. The Hall–Kier alpha value is -3.05. The van der Waals surface area contributed by atoms with E-state index in [0.717, 1.165) is 23.5 Å². The van der Waals surface area contributed by atoms with E-state index in [9.17, 15) is 18.0 Å². The normalized spacial score (nSPS) is 11.5. The Bertz CT molecular complexity index is 1080. The highest BCUT2D eigenvalue weighted by atomic mass is 32.1. The van der Waals surface area contributed by atoms with Gasteiger partial charge in [0.2, 0.25) is 0 Å². The van der Waals surface area contributed by atoms with Gasteiger partial charge in [0, 0.05) is 6.07 Å². The van der Waals surface area contributed by atoms with Gasteiger partial charge in [0.15, 0.2) is 17.2 Å². The van der Waals surface area contributed by atoms with Crippen LogP contribution in [0.3, 0.4) is 0 Å². The molecule has 4 nitrogen and oxygen atoms in total. The van der Waals surface area contributed by atoms with Crippen LogP contribution in [0.4, 0.5) is 13.2 Å². The van der Waals surface area contributed by atoms with Crippen LogP contribution >= 0.6 is 11.3 Å². The van der Waals surface area contributed by atoms with Gasteiger partial charge in [-0.05, 0) is 30.3 Å². The Morgan fingerprint density at radius 2 is 1.92 bits per heavy atom. The van der Waals surface area contributed by atoms with E-state index in [-0.39, 0.29) is 21.6 Å². The number of thiazole rings is 1. The lowest BCUT2D eigenvalue weighted by molar-refractivity contribution is -0.120. The highest BCUT2D eigenvalue weighted by Gasteiger charge is 2.13. The van der Waals surface area contributed by atoms with Crippen molar-refractivity contribution in [3.63, 3.8) is 0 Å². The minimum Gasteiger partial charge on any atom is -0.484 e. The summed E-state index contributed by atoms with van der Waals surface area (Å²) in [6.45, 7) is -0.430. The third-order valence-electron chi connectivity index (χ3n) is 3.34. The number of ether oxygens (including phenoxy) is 1. The van der Waals surface area contributed by atoms with E-state index in [1.807, 2.05) is 0 Å². The van der Waals surface area contributed by atoms with Crippen molar-refractivity contribution < 1.29 is 22.7 Å². The molecule has 0 radical (unpaired) electrons. The van der Waals surface area contributed by atoms with Crippen molar-refractivity contribution in [3.8, 4) is 18.1 Å². The van der Waals surface area contributed by atoms with E-state index < -0.39 is 30.0 Å². The van der Waals surface area contributed by atoms with Gasteiger partial charge >= 0.3 is 0 Å². The fourth-order valence-corrected chi connectivity index (χ4v) is 3.35. The Morgan fingerprint density at radius 1 is 1.19 bits per heavy atom. The molecule has 8 heteroatoms. The number of rotatable bonds is 4. The third kappa shape index (κ3) is 3.78. The molecule has 0 N–H and O–H groups in total. The van der Waals surface area contributed by atoms with Crippen molar-refractivity contribution in [3.05, 3.63) is 58.7 Å². The second-order valence-electron chi connectivity index (χ2n) is 5.16. The van der Waals surface area contributed by atoms with Crippen LogP contribution in [0, 0.1) is 29.8 Å². The number of amides is 1. The summed E-state index contributed by atoms with van der Waals surface area (Å²) in [5.41, 5.74) is 0.0837. The zero-order chi connectivity index (χ0) is 18.7. The molecule has 26 heavy (non-hydrogen) atoms. The molecule has 0 aliphatic heterocycles. The second-order valence-corrected chi connectivity index (χ2v) is 6.17. The molecule has 3 aromatic rings. The molecule has 2 aromatic carbocycles. The maximum absolute atomic E-state index is 14.1. The molecule has 132 valence electrons. The van der Waals surface area contributed by atoms with Gasteiger partial charge in [-0.3, -0.25) is 4.79 Å². The average Bonchev–Trinajstić information content (AvgIpc) is 2.92. The molecule has 0 spiro atoms. The molecule has 0 atom stereocenters. The minimum absolute atomic E-state index is 0.0342. The number of halogens is 3. The van der Waals surface area contributed by atoms with Gasteiger partial charge in [-0.15, -0.1) is 6.42 Å². The Balaban J connectivity index is 1.91. The van der Waals surface area contributed by atoms with E-state index >= 15 is 0 Å². The second kappa shape index (κ2) is 7.45. The molecule has 1 heterocycles. The highest BCUT2D eigenvalue weighted by Crippen LogP contribution is 2.22. The molecule has 0 fully saturated rings. The number of carbonyl (C=O) groups excluding carboxylic acids is 1. The van der Waals surface area contributed by atoms with E-state index in [2.05, 4.69) is 10.9 Å². The smallest absolute Gasteiger partial charge is 0.286 e. The lowest BCUT2D eigenvalue weighted by Gasteiger charge is -2.03. The third-order valence-corrected chi connectivity index (χ3v) is 4.37. The van der Waals surface area contributed by atoms with Crippen LogP contribution in [0.2, 0.25) is 0 Å². The number of terminal acetylenes is 1. The summed E-state index contributed by atoms with van der Waals surface area (Å²) < 4.78 is 47.1. The first-order chi connectivity index (χ1) is 12.5. The van der Waals surface area contributed by atoms with Crippen molar-refractivity contribution in [2.24, 2.45) is 4.99 Å². The lowest BCUT2D eigenvalue weighted by Crippen LogP contribution is -2.19. The number of hydrogen-bond acceptors (Lipinski definition) is 3. The summed E-state index contributed by atoms with van der Waals surface area (Å²) in [4.78, 5) is 16.1. The van der Waals surface area contributed by atoms with Gasteiger partial charge in [-0.2, -0.15) is 4.99 Å². The number of fused-ring (bicyclic) bond motifs is 1. The number of benzene rings is 2. The van der Waals surface area contributed by atoms with E-state index in [1.54, 1.807) is 0 Å². The molecule has 0 saturated carbocycles. The monoisotopic (exact) mass is 376 g/mol. The van der Waals surface area contributed by atoms with Crippen LogP contribution in [-0.2, 0) is 11.3 Å². The highest BCUT2D eigenvalue weighted by molar-refractivity contribution is 7.16. The van der Waals surface area contributed by atoms with Crippen molar-refractivity contribution in [1.82, 2.24) is 4.57 Å². The quantitative estimate of drug-likeness (QED) is 0.656. The average molecular weight is 376 g/mol. The minimum atomic E-state index is -0.789. The molecular formula is C18H11F3N2O2S. The van der Waals surface area contributed by atoms with Gasteiger partial charge in [-0.25, -0.2) is 13.2 Å². The van der Waals surface area contributed by atoms with Crippen molar-refractivity contribution in [2.45, 2.75) is 6.54 Å². The van der Waals surface area contributed by atoms with Crippen LogP contribution in [-0.4, -0.2) is 17.1 Å². The maximum Gasteiger partial charge on any atom is 0.286 e. The van der Waals surface area contributed by atoms with Crippen LogP contribution in [0.25, 0.3) is 10.2 Å². The fourth-order valence-electron chi connectivity index (χ4n) is 2.27. The molecule has 0 saturated heterocycles. The molecule has 0 unspecified atom stereocenters. The van der Waals surface area contributed by atoms with Crippen LogP contribution < -0.4 is 9.54 Å². The summed E-state index contributed by atoms with van der Waals surface area (Å²) >= 11 is 0.939. The summed E-state index contributed by atoms with van der Waals surface area (Å²) in [7, 11) is 0. The summed E-state index contributed by atoms with van der Waals surface area (Å²) in [5, 5.41) is 0. The van der Waals surface area contributed by atoms with Gasteiger partial charge in [0.25, 0.3) is 5.91 Å². The van der Waals surface area contributed by atoms with Crippen LogP contribution in [0.5, 0.6) is 5.75 Å². The first kappa shape index (κ1) is 17.8. The Labute approximate surface area is 150 Å². The topological polar surface area (TPSA) is 43.6 Å². The zero-order valence-corrected chi connectivity index (χ0v) is 14.0. The van der Waals surface area contributed by atoms with E-state index in [4.69, 9.17) is 11.2 Å². The van der Waals surface area contributed by atoms with Crippen molar-refractivity contribution >= 4 is 27.5 Å². The van der Waals surface area contributed by atoms with Crippen molar-refractivity contribution in [1.29, 1.82) is 0 Å². The standard InChI is InChI=1S/C18H11F3N2O2S/c1-2-7-23-17-14(21)8-12(20)9-15(17)26-18(23)22-16(24)10-25-13-5-3-11(19)4-6-13/h1,3-6,8-9H,7,10H2. The summed E-state index contributed by atoms with van der Waals surface area (Å²) in [6, 6.07) is 7.03. The Morgan fingerprint density at radius 3 is 2.62 bits per heavy atom. The number of nitrogens with zero attached hydrogens (tertiary/aromatic N) is 2. The molecular weight excluding hydrogens is 365 g/mol. The number of hydrogen-bond donors (Lipinski definition) is 0. The zero-order valence-electron chi connectivity index (χ0n) is 13.2. The summed E-state index contributed by atoms with van der Waals surface area (Å²) in [5.74, 6) is 0.0569. The lowest BCUT2D eigenvalue weighted by atomic mass is 10.3. The van der Waals surface area contributed by atoms with Gasteiger partial charge in [0.1, 0.15) is 17.4 Å².